The minimum absolute atomic E-state index is 0.0171. The molecule has 0 fully saturated rings. The molecule has 0 radical (unpaired) electrons. The standard InChI is InChI=1S/C37H32F4N4O3S/c1-4-31(46)45-9-7-29-24(19-45)14-22(17-42-29)35-33(32-28(39)15-25(38)16-30(32)48-11-10-47-3)36-26(8-12-49-36)34(43-35)21-5-6-27-23(13-21)18-44(2)20-37(27,40)41/h4-6,8,12-17H,1,7,9-11,18-20H2,2-3H3. The third kappa shape index (κ3) is 6.09. The van der Waals surface area contributed by atoms with Crippen molar-refractivity contribution in [2.45, 2.75) is 25.4 Å². The minimum Gasteiger partial charge on any atom is -0.490 e. The van der Waals surface area contributed by atoms with E-state index in [1.807, 2.05) is 17.5 Å². The normalized spacial score (nSPS) is 15.6. The SMILES string of the molecule is C=CC(=O)N1CCc2ncc(-c3nc(-c4ccc5c(c4)CN(C)CC5(F)F)c4ccsc4c3-c3c(F)cc(F)cc3OCCOC)cc2C1. The molecule has 0 aliphatic carbocycles. The van der Waals surface area contributed by atoms with Gasteiger partial charge in [0.1, 0.15) is 24.0 Å². The number of fused-ring (bicyclic) bond motifs is 3. The van der Waals surface area contributed by atoms with Crippen LogP contribution in [0.4, 0.5) is 17.6 Å². The van der Waals surface area contributed by atoms with Gasteiger partial charge in [0.2, 0.25) is 5.91 Å². The quantitative estimate of drug-likeness (QED) is 0.0951. The van der Waals surface area contributed by atoms with Gasteiger partial charge < -0.3 is 14.4 Å². The molecule has 0 saturated heterocycles. The minimum atomic E-state index is -3.00. The first-order chi connectivity index (χ1) is 23.6. The number of pyridine rings is 2. The third-order valence-electron chi connectivity index (χ3n) is 8.90. The molecule has 7 rings (SSSR count). The largest absolute Gasteiger partial charge is 0.490 e. The first-order valence-electron chi connectivity index (χ1n) is 15.7. The molecule has 0 spiro atoms. The van der Waals surface area contributed by atoms with Crippen molar-refractivity contribution in [1.29, 1.82) is 0 Å². The lowest BCUT2D eigenvalue weighted by molar-refractivity contribution is -0.126. The summed E-state index contributed by atoms with van der Waals surface area (Å²) in [6.45, 7) is 4.61. The van der Waals surface area contributed by atoms with Crippen molar-refractivity contribution in [3.05, 3.63) is 101 Å². The number of thiophene rings is 1. The molecule has 0 bridgehead atoms. The van der Waals surface area contributed by atoms with Crippen LogP contribution in [0.25, 0.3) is 43.7 Å². The number of ether oxygens (including phenoxy) is 2. The molecule has 252 valence electrons. The summed E-state index contributed by atoms with van der Waals surface area (Å²) in [5, 5.41) is 2.51. The van der Waals surface area contributed by atoms with Crippen LogP contribution >= 0.6 is 11.3 Å². The number of halogens is 4. The van der Waals surface area contributed by atoms with E-state index in [0.29, 0.717) is 69.8 Å². The van der Waals surface area contributed by atoms with Crippen molar-refractivity contribution in [2.24, 2.45) is 0 Å². The van der Waals surface area contributed by atoms with Crippen molar-refractivity contribution in [2.75, 3.05) is 40.5 Å². The van der Waals surface area contributed by atoms with Crippen LogP contribution in [0.2, 0.25) is 0 Å². The fraction of sp³-hybridized carbons (Fsp3) is 0.270. The smallest absolute Gasteiger partial charge is 0.285 e. The summed E-state index contributed by atoms with van der Waals surface area (Å²) >= 11 is 1.35. The molecule has 7 nitrogen and oxygen atoms in total. The highest BCUT2D eigenvalue weighted by Gasteiger charge is 2.39. The number of nitrogens with zero attached hydrogens (tertiary/aromatic N) is 4. The van der Waals surface area contributed by atoms with Gasteiger partial charge in [0.25, 0.3) is 5.92 Å². The first kappa shape index (κ1) is 32.9. The van der Waals surface area contributed by atoms with Gasteiger partial charge in [-0.15, -0.1) is 11.3 Å². The highest BCUT2D eigenvalue weighted by Crippen LogP contribution is 2.48. The van der Waals surface area contributed by atoms with Crippen molar-refractivity contribution >= 4 is 27.3 Å². The predicted octanol–water partition coefficient (Wildman–Crippen LogP) is 7.60. The highest BCUT2D eigenvalue weighted by atomic mass is 32.1. The van der Waals surface area contributed by atoms with Crippen LogP contribution in [0.1, 0.15) is 22.4 Å². The van der Waals surface area contributed by atoms with E-state index in [2.05, 4.69) is 6.58 Å². The van der Waals surface area contributed by atoms with Gasteiger partial charge in [-0.2, -0.15) is 8.78 Å². The molecule has 0 unspecified atom stereocenters. The Morgan fingerprint density at radius 3 is 2.65 bits per heavy atom. The number of benzene rings is 2. The van der Waals surface area contributed by atoms with Crippen LogP contribution in [-0.2, 0) is 35.0 Å². The molecular formula is C37H32F4N4O3S. The predicted molar refractivity (Wildman–Crippen MR) is 181 cm³/mol. The first-order valence-corrected chi connectivity index (χ1v) is 16.6. The maximum Gasteiger partial charge on any atom is 0.285 e. The van der Waals surface area contributed by atoms with Crippen LogP contribution in [0.3, 0.4) is 0 Å². The lowest BCUT2D eigenvalue weighted by atomic mass is 9.91. The Bertz CT molecular complexity index is 2120. The third-order valence-corrected chi connectivity index (χ3v) is 9.83. The number of hydrogen-bond acceptors (Lipinski definition) is 7. The molecule has 5 aromatic rings. The van der Waals surface area contributed by atoms with E-state index in [4.69, 9.17) is 19.4 Å². The molecule has 0 N–H and O–H groups in total. The Labute approximate surface area is 284 Å². The van der Waals surface area contributed by atoms with Crippen molar-refractivity contribution in [1.82, 2.24) is 19.8 Å². The van der Waals surface area contributed by atoms with Crippen LogP contribution in [0, 0.1) is 11.6 Å². The van der Waals surface area contributed by atoms with E-state index in [1.54, 1.807) is 35.2 Å². The number of rotatable bonds is 8. The summed E-state index contributed by atoms with van der Waals surface area (Å²) in [5.74, 6) is -4.87. The number of alkyl halides is 2. The van der Waals surface area contributed by atoms with Crippen LogP contribution < -0.4 is 4.74 Å². The van der Waals surface area contributed by atoms with E-state index in [-0.39, 0.29) is 42.5 Å². The highest BCUT2D eigenvalue weighted by molar-refractivity contribution is 7.18. The second-order valence-electron chi connectivity index (χ2n) is 12.2. The number of methoxy groups -OCH3 is 1. The molecule has 49 heavy (non-hydrogen) atoms. The second-order valence-corrected chi connectivity index (χ2v) is 13.2. The maximum absolute atomic E-state index is 16.1. The maximum atomic E-state index is 16.1. The Morgan fingerprint density at radius 1 is 1.04 bits per heavy atom. The zero-order valence-corrected chi connectivity index (χ0v) is 27.7. The Hall–Kier alpha value is -4.65. The number of aromatic nitrogens is 2. The number of amides is 1. The van der Waals surface area contributed by atoms with Gasteiger partial charge in [-0.1, -0.05) is 18.7 Å². The molecular weight excluding hydrogens is 656 g/mol. The van der Waals surface area contributed by atoms with E-state index in [0.717, 1.165) is 23.4 Å². The van der Waals surface area contributed by atoms with Crippen LogP contribution in [0.15, 0.2) is 66.7 Å². The molecule has 2 aliphatic rings. The monoisotopic (exact) mass is 688 g/mol. The topological polar surface area (TPSA) is 67.8 Å². The fourth-order valence-electron chi connectivity index (χ4n) is 6.70. The summed E-state index contributed by atoms with van der Waals surface area (Å²) in [6, 6.07) is 10.5. The van der Waals surface area contributed by atoms with Crippen molar-refractivity contribution < 1.29 is 31.8 Å². The number of carbonyl (C=O) groups excluding carboxylic acids is 1. The zero-order chi connectivity index (χ0) is 34.4. The molecule has 2 aliphatic heterocycles. The van der Waals surface area contributed by atoms with E-state index in [9.17, 15) is 18.0 Å². The molecule has 2 aromatic carbocycles. The van der Waals surface area contributed by atoms with Gasteiger partial charge in [0, 0.05) is 89.5 Å². The summed E-state index contributed by atoms with van der Waals surface area (Å²) in [7, 11) is 3.15. The summed E-state index contributed by atoms with van der Waals surface area (Å²) in [6.07, 6.45) is 3.48. The lowest BCUT2D eigenvalue weighted by Crippen LogP contribution is -2.38. The van der Waals surface area contributed by atoms with Gasteiger partial charge in [0.15, 0.2) is 0 Å². The summed E-state index contributed by atoms with van der Waals surface area (Å²) < 4.78 is 72.4. The number of carbonyl (C=O) groups is 1. The van der Waals surface area contributed by atoms with Gasteiger partial charge in [-0.05, 0) is 47.8 Å². The summed E-state index contributed by atoms with van der Waals surface area (Å²) in [4.78, 5) is 25.6. The van der Waals surface area contributed by atoms with Crippen molar-refractivity contribution in [3.63, 3.8) is 0 Å². The van der Waals surface area contributed by atoms with Crippen LogP contribution in [-0.4, -0.2) is 66.1 Å². The van der Waals surface area contributed by atoms with E-state index in [1.165, 1.54) is 30.6 Å². The fourth-order valence-corrected chi connectivity index (χ4v) is 7.65. The second kappa shape index (κ2) is 13.0. The molecule has 0 atom stereocenters. The van der Waals surface area contributed by atoms with Gasteiger partial charge in [-0.25, -0.2) is 13.8 Å². The van der Waals surface area contributed by atoms with Crippen molar-refractivity contribution in [3.8, 4) is 39.4 Å². The Kier molecular flexibility index (Phi) is 8.72. The summed E-state index contributed by atoms with van der Waals surface area (Å²) in [5.41, 5.74) is 4.51. The van der Waals surface area contributed by atoms with E-state index < -0.39 is 17.6 Å². The molecule has 5 heterocycles. The average molecular weight is 689 g/mol. The number of hydrogen-bond donors (Lipinski definition) is 0. The lowest BCUT2D eigenvalue weighted by Gasteiger charge is -2.32. The molecule has 3 aromatic heterocycles. The van der Waals surface area contributed by atoms with Gasteiger partial charge in [0.05, 0.1) is 30.1 Å². The zero-order valence-electron chi connectivity index (χ0n) is 26.9. The average Bonchev–Trinajstić information content (AvgIpc) is 3.56. The number of likely N-dealkylation sites (N-methyl/N-ethyl adjacent to an activating group) is 1. The van der Waals surface area contributed by atoms with E-state index >= 15 is 4.39 Å². The van der Waals surface area contributed by atoms with Gasteiger partial charge in [-0.3, -0.25) is 14.7 Å². The Balaban J connectivity index is 1.48. The molecule has 12 heteroatoms. The molecule has 0 saturated carbocycles. The molecule has 1 amide bonds. The van der Waals surface area contributed by atoms with Gasteiger partial charge >= 0.3 is 0 Å². The van der Waals surface area contributed by atoms with Crippen LogP contribution in [0.5, 0.6) is 5.75 Å². The Morgan fingerprint density at radius 2 is 1.86 bits per heavy atom.